The van der Waals surface area contributed by atoms with Gasteiger partial charge in [0, 0.05) is 32.4 Å². The fraction of sp³-hybridized carbons (Fsp3) is 0.727. The minimum atomic E-state index is -0.817. The molecule has 0 aliphatic rings. The summed E-state index contributed by atoms with van der Waals surface area (Å²) in [6, 6.07) is 0. The monoisotopic (exact) mass is 215 g/mol. The zero-order chi connectivity index (χ0) is 11.7. The summed E-state index contributed by atoms with van der Waals surface area (Å²) in [4.78, 5) is 12.8. The van der Waals surface area contributed by atoms with Crippen LogP contribution in [0.5, 0.6) is 0 Å². The van der Waals surface area contributed by atoms with Gasteiger partial charge in [-0.1, -0.05) is 13.0 Å². The summed E-state index contributed by atoms with van der Waals surface area (Å²) in [6.45, 7) is 4.19. The van der Waals surface area contributed by atoms with Crippen molar-refractivity contribution in [1.82, 2.24) is 4.90 Å². The van der Waals surface area contributed by atoms with Crippen LogP contribution in [-0.2, 0) is 9.53 Å². The van der Waals surface area contributed by atoms with Gasteiger partial charge < -0.3 is 14.7 Å². The van der Waals surface area contributed by atoms with Crippen molar-refractivity contribution in [2.45, 2.75) is 19.8 Å². The number of hydrogen-bond acceptors (Lipinski definition) is 3. The van der Waals surface area contributed by atoms with Crippen LogP contribution in [0, 0.1) is 0 Å². The number of hydrogen-bond donors (Lipinski definition) is 1. The molecule has 0 amide bonds. The Morgan fingerprint density at radius 2 is 2.20 bits per heavy atom. The molecule has 0 heterocycles. The topological polar surface area (TPSA) is 49.8 Å². The first-order valence-electron chi connectivity index (χ1n) is 5.21. The number of aliphatic carboxylic acids is 1. The predicted molar refractivity (Wildman–Crippen MR) is 60.0 cm³/mol. The normalized spacial score (nSPS) is 12.1. The number of carboxylic acids is 1. The van der Waals surface area contributed by atoms with E-state index in [0.29, 0.717) is 18.5 Å². The van der Waals surface area contributed by atoms with E-state index in [-0.39, 0.29) is 0 Å². The highest BCUT2D eigenvalue weighted by molar-refractivity contribution is 5.86. The number of rotatable bonds is 8. The molecule has 0 aliphatic heterocycles. The molecule has 0 aromatic heterocycles. The van der Waals surface area contributed by atoms with Crippen molar-refractivity contribution < 1.29 is 14.6 Å². The van der Waals surface area contributed by atoms with Gasteiger partial charge in [0.2, 0.25) is 0 Å². The van der Waals surface area contributed by atoms with Crippen LogP contribution < -0.4 is 0 Å². The lowest BCUT2D eigenvalue weighted by molar-refractivity contribution is -0.132. The molecule has 0 saturated heterocycles. The molecule has 1 N–H and O–H groups in total. The molecule has 0 fully saturated rings. The molecule has 15 heavy (non-hydrogen) atoms. The summed E-state index contributed by atoms with van der Waals surface area (Å²) in [5.41, 5.74) is 0.480. The average molecular weight is 215 g/mol. The molecule has 0 rings (SSSR count). The van der Waals surface area contributed by atoms with Crippen molar-refractivity contribution in [3.05, 3.63) is 11.6 Å². The second-order valence-electron chi connectivity index (χ2n) is 3.50. The fourth-order valence-corrected chi connectivity index (χ4v) is 1.22. The molecular weight excluding hydrogens is 194 g/mol. The standard InChI is InChI=1S/C11H21NO3/c1-4-10(11(13)14)6-8-12(2)7-5-9-15-3/h6H,4-5,7-9H2,1-3H3,(H,13,14). The van der Waals surface area contributed by atoms with Crippen molar-refractivity contribution in [2.75, 3.05) is 33.9 Å². The third-order valence-corrected chi connectivity index (χ3v) is 2.19. The van der Waals surface area contributed by atoms with Gasteiger partial charge in [0.1, 0.15) is 0 Å². The first kappa shape index (κ1) is 14.1. The largest absolute Gasteiger partial charge is 0.478 e. The maximum atomic E-state index is 10.7. The Balaban J connectivity index is 3.85. The maximum Gasteiger partial charge on any atom is 0.331 e. The molecule has 88 valence electrons. The van der Waals surface area contributed by atoms with E-state index >= 15 is 0 Å². The van der Waals surface area contributed by atoms with Crippen LogP contribution >= 0.6 is 0 Å². The molecule has 0 saturated carbocycles. The summed E-state index contributed by atoms with van der Waals surface area (Å²) >= 11 is 0. The molecule has 4 nitrogen and oxygen atoms in total. The SMILES string of the molecule is CCC(=CCN(C)CCCOC)C(=O)O. The summed E-state index contributed by atoms with van der Waals surface area (Å²) in [5.74, 6) is -0.817. The Hall–Kier alpha value is -0.870. The van der Waals surface area contributed by atoms with E-state index in [2.05, 4.69) is 4.90 Å². The summed E-state index contributed by atoms with van der Waals surface area (Å²) in [7, 11) is 3.65. The minimum Gasteiger partial charge on any atom is -0.478 e. The molecule has 0 radical (unpaired) electrons. The molecule has 0 unspecified atom stereocenters. The highest BCUT2D eigenvalue weighted by atomic mass is 16.5. The van der Waals surface area contributed by atoms with Crippen LogP contribution in [0.25, 0.3) is 0 Å². The molecule has 4 heteroatoms. The van der Waals surface area contributed by atoms with E-state index in [1.807, 2.05) is 14.0 Å². The van der Waals surface area contributed by atoms with E-state index in [1.165, 1.54) is 0 Å². The molecule has 0 spiro atoms. The lowest BCUT2D eigenvalue weighted by Crippen LogP contribution is -2.21. The Morgan fingerprint density at radius 1 is 1.53 bits per heavy atom. The number of carbonyl (C=O) groups is 1. The van der Waals surface area contributed by atoms with Crippen LogP contribution in [0.3, 0.4) is 0 Å². The van der Waals surface area contributed by atoms with Gasteiger partial charge in [0.25, 0.3) is 0 Å². The van der Waals surface area contributed by atoms with Gasteiger partial charge in [0.15, 0.2) is 0 Å². The Kier molecular flexibility index (Phi) is 7.95. The number of nitrogens with zero attached hydrogens (tertiary/aromatic N) is 1. The van der Waals surface area contributed by atoms with Crippen molar-refractivity contribution in [1.29, 1.82) is 0 Å². The van der Waals surface area contributed by atoms with Gasteiger partial charge in [0.05, 0.1) is 0 Å². The molecule has 0 atom stereocenters. The zero-order valence-electron chi connectivity index (χ0n) is 9.82. The summed E-state index contributed by atoms with van der Waals surface area (Å²) in [6.07, 6.45) is 3.31. The van der Waals surface area contributed by atoms with Crippen molar-refractivity contribution in [3.63, 3.8) is 0 Å². The number of methoxy groups -OCH3 is 1. The van der Waals surface area contributed by atoms with E-state index in [4.69, 9.17) is 9.84 Å². The van der Waals surface area contributed by atoms with Gasteiger partial charge in [-0.05, 0) is 19.9 Å². The average Bonchev–Trinajstić information content (AvgIpc) is 2.18. The Bertz CT molecular complexity index is 214. The highest BCUT2D eigenvalue weighted by Crippen LogP contribution is 2.01. The predicted octanol–water partition coefficient (Wildman–Crippen LogP) is 1.38. The van der Waals surface area contributed by atoms with Gasteiger partial charge >= 0.3 is 5.97 Å². The molecule has 0 aromatic rings. The number of likely N-dealkylation sites (N-methyl/N-ethyl adjacent to an activating group) is 1. The van der Waals surface area contributed by atoms with Crippen molar-refractivity contribution in [2.24, 2.45) is 0 Å². The number of ether oxygens (including phenoxy) is 1. The second-order valence-corrected chi connectivity index (χ2v) is 3.50. The zero-order valence-corrected chi connectivity index (χ0v) is 9.82. The van der Waals surface area contributed by atoms with Gasteiger partial charge in [-0.25, -0.2) is 4.79 Å². The van der Waals surface area contributed by atoms with Crippen molar-refractivity contribution in [3.8, 4) is 0 Å². The van der Waals surface area contributed by atoms with Crippen LogP contribution in [0.4, 0.5) is 0 Å². The third-order valence-electron chi connectivity index (χ3n) is 2.19. The quantitative estimate of drug-likeness (QED) is 0.491. The molecule has 0 aliphatic carbocycles. The Labute approximate surface area is 91.5 Å². The van der Waals surface area contributed by atoms with Crippen LogP contribution in [-0.4, -0.2) is 49.8 Å². The van der Waals surface area contributed by atoms with Crippen molar-refractivity contribution >= 4 is 5.97 Å². The van der Waals surface area contributed by atoms with E-state index in [9.17, 15) is 4.79 Å². The highest BCUT2D eigenvalue weighted by Gasteiger charge is 2.04. The summed E-state index contributed by atoms with van der Waals surface area (Å²) < 4.78 is 4.94. The fourth-order valence-electron chi connectivity index (χ4n) is 1.22. The maximum absolute atomic E-state index is 10.7. The summed E-state index contributed by atoms with van der Waals surface area (Å²) in [5, 5.41) is 8.79. The lowest BCUT2D eigenvalue weighted by atomic mass is 10.2. The van der Waals surface area contributed by atoms with Gasteiger partial charge in [-0.15, -0.1) is 0 Å². The van der Waals surface area contributed by atoms with Crippen LogP contribution in [0.2, 0.25) is 0 Å². The smallest absolute Gasteiger partial charge is 0.331 e. The van der Waals surface area contributed by atoms with Gasteiger partial charge in [-0.3, -0.25) is 0 Å². The molecular formula is C11H21NO3. The first-order chi connectivity index (χ1) is 7.11. The van der Waals surface area contributed by atoms with E-state index in [0.717, 1.165) is 19.6 Å². The minimum absolute atomic E-state index is 0.480. The molecule has 0 bridgehead atoms. The number of carboxylic acid groups (broad SMARTS) is 1. The van der Waals surface area contributed by atoms with E-state index < -0.39 is 5.97 Å². The van der Waals surface area contributed by atoms with Crippen LogP contribution in [0.1, 0.15) is 19.8 Å². The molecule has 0 aromatic carbocycles. The second kappa shape index (κ2) is 8.44. The third kappa shape index (κ3) is 7.11. The first-order valence-corrected chi connectivity index (χ1v) is 5.21. The Morgan fingerprint density at radius 3 is 2.67 bits per heavy atom. The lowest BCUT2D eigenvalue weighted by Gasteiger charge is -2.14. The van der Waals surface area contributed by atoms with E-state index in [1.54, 1.807) is 13.2 Å². The van der Waals surface area contributed by atoms with Gasteiger partial charge in [-0.2, -0.15) is 0 Å². The van der Waals surface area contributed by atoms with Crippen LogP contribution in [0.15, 0.2) is 11.6 Å².